The van der Waals surface area contributed by atoms with Crippen LogP contribution in [-0.4, -0.2) is 10.2 Å². The number of halogens is 2. The van der Waals surface area contributed by atoms with Gasteiger partial charge in [0, 0.05) is 5.56 Å². The van der Waals surface area contributed by atoms with Gasteiger partial charge in [0.05, 0.1) is 5.02 Å². The summed E-state index contributed by atoms with van der Waals surface area (Å²) in [5, 5.41) is 8.85. The molecule has 3 aromatic rings. The molecule has 0 amide bonds. The maximum absolute atomic E-state index is 6.10. The van der Waals surface area contributed by atoms with Crippen molar-refractivity contribution in [2.45, 2.75) is 13.0 Å². The Morgan fingerprint density at radius 2 is 1.77 bits per heavy atom. The second kappa shape index (κ2) is 6.38. The molecule has 1 atom stereocenters. The summed E-state index contributed by atoms with van der Waals surface area (Å²) in [7, 11) is 0. The van der Waals surface area contributed by atoms with Crippen LogP contribution < -0.4 is 4.74 Å². The van der Waals surface area contributed by atoms with Crippen LogP contribution >= 0.6 is 23.2 Å². The molecule has 0 saturated heterocycles. The second-order valence-electron chi connectivity index (χ2n) is 4.62. The Morgan fingerprint density at radius 1 is 1.00 bits per heavy atom. The third-order valence-electron chi connectivity index (χ3n) is 3.03. The van der Waals surface area contributed by atoms with E-state index in [0.29, 0.717) is 27.6 Å². The SMILES string of the molecule is C[C@H](Oc1cccc(Cl)c1Cl)c1nnc(-c2ccccc2)o1. The lowest BCUT2D eigenvalue weighted by atomic mass is 10.2. The van der Waals surface area contributed by atoms with Crippen molar-refractivity contribution in [3.05, 3.63) is 64.5 Å². The summed E-state index contributed by atoms with van der Waals surface area (Å²) in [6.07, 6.45) is -0.444. The van der Waals surface area contributed by atoms with E-state index >= 15 is 0 Å². The summed E-state index contributed by atoms with van der Waals surface area (Å²) < 4.78 is 11.4. The van der Waals surface area contributed by atoms with Crippen LogP contribution in [0.25, 0.3) is 11.5 Å². The third kappa shape index (κ3) is 3.08. The zero-order valence-electron chi connectivity index (χ0n) is 11.7. The molecule has 4 nitrogen and oxygen atoms in total. The van der Waals surface area contributed by atoms with Crippen LogP contribution in [0.4, 0.5) is 0 Å². The summed E-state index contributed by atoms with van der Waals surface area (Å²) in [6, 6.07) is 14.7. The summed E-state index contributed by atoms with van der Waals surface area (Å²) in [4.78, 5) is 0. The number of benzene rings is 2. The number of ether oxygens (including phenoxy) is 1. The van der Waals surface area contributed by atoms with E-state index in [9.17, 15) is 0 Å². The van der Waals surface area contributed by atoms with Crippen LogP contribution in [0.3, 0.4) is 0 Å². The quantitative estimate of drug-likeness (QED) is 0.659. The topological polar surface area (TPSA) is 48.2 Å². The average Bonchev–Trinajstić information content (AvgIpc) is 3.03. The van der Waals surface area contributed by atoms with Gasteiger partial charge >= 0.3 is 0 Å². The monoisotopic (exact) mass is 334 g/mol. The Balaban J connectivity index is 1.80. The van der Waals surface area contributed by atoms with Gasteiger partial charge in [-0.05, 0) is 31.2 Å². The first-order valence-electron chi connectivity index (χ1n) is 6.64. The molecule has 0 aliphatic rings. The Morgan fingerprint density at radius 3 is 2.55 bits per heavy atom. The average molecular weight is 335 g/mol. The number of hydrogen-bond donors (Lipinski definition) is 0. The Kier molecular flexibility index (Phi) is 4.32. The van der Waals surface area contributed by atoms with E-state index in [1.807, 2.05) is 30.3 Å². The van der Waals surface area contributed by atoms with Crippen LogP contribution in [-0.2, 0) is 0 Å². The lowest BCUT2D eigenvalue weighted by Crippen LogP contribution is -2.04. The number of hydrogen-bond acceptors (Lipinski definition) is 4. The van der Waals surface area contributed by atoms with Crippen LogP contribution in [0.5, 0.6) is 5.75 Å². The van der Waals surface area contributed by atoms with Crippen molar-refractivity contribution in [1.82, 2.24) is 10.2 Å². The highest BCUT2D eigenvalue weighted by molar-refractivity contribution is 6.42. The van der Waals surface area contributed by atoms with Crippen molar-refractivity contribution < 1.29 is 9.15 Å². The zero-order valence-corrected chi connectivity index (χ0v) is 13.2. The maximum atomic E-state index is 6.10. The van der Waals surface area contributed by atoms with Crippen molar-refractivity contribution >= 4 is 23.2 Å². The highest BCUT2D eigenvalue weighted by Gasteiger charge is 2.18. The Hall–Kier alpha value is -2.04. The molecule has 2 aromatic carbocycles. The summed E-state index contributed by atoms with van der Waals surface area (Å²) in [6.45, 7) is 1.81. The van der Waals surface area contributed by atoms with Gasteiger partial charge in [-0.2, -0.15) is 0 Å². The first kappa shape index (κ1) is 14.9. The standard InChI is InChI=1S/C16H12Cl2N2O2/c1-10(21-13-9-5-8-12(17)14(13)18)15-19-20-16(22-15)11-6-3-2-4-7-11/h2-10H,1H3/t10-/m0/s1. The van der Waals surface area contributed by atoms with Crippen LogP contribution in [0.1, 0.15) is 18.9 Å². The minimum atomic E-state index is -0.444. The molecule has 112 valence electrons. The fourth-order valence-corrected chi connectivity index (χ4v) is 2.25. The van der Waals surface area contributed by atoms with Gasteiger partial charge in [0.1, 0.15) is 10.8 Å². The van der Waals surface area contributed by atoms with Gasteiger partial charge in [0.2, 0.25) is 5.89 Å². The first-order chi connectivity index (χ1) is 10.6. The molecule has 22 heavy (non-hydrogen) atoms. The van der Waals surface area contributed by atoms with Crippen LogP contribution in [0, 0.1) is 0 Å². The van der Waals surface area contributed by atoms with Gasteiger partial charge in [0.25, 0.3) is 5.89 Å². The zero-order chi connectivity index (χ0) is 15.5. The van der Waals surface area contributed by atoms with E-state index in [2.05, 4.69) is 10.2 Å². The molecule has 1 aromatic heterocycles. The van der Waals surface area contributed by atoms with E-state index in [1.54, 1.807) is 25.1 Å². The molecule has 0 N–H and O–H groups in total. The van der Waals surface area contributed by atoms with E-state index < -0.39 is 6.10 Å². The molecule has 3 rings (SSSR count). The number of aromatic nitrogens is 2. The molecule has 0 aliphatic carbocycles. The first-order valence-corrected chi connectivity index (χ1v) is 7.40. The van der Waals surface area contributed by atoms with Gasteiger partial charge in [-0.15, -0.1) is 10.2 Å². The smallest absolute Gasteiger partial charge is 0.257 e. The Labute approximate surface area is 137 Å². The second-order valence-corrected chi connectivity index (χ2v) is 5.41. The lowest BCUT2D eigenvalue weighted by molar-refractivity contribution is 0.190. The normalized spacial score (nSPS) is 12.1. The molecule has 0 unspecified atom stereocenters. The number of nitrogens with zero attached hydrogens (tertiary/aromatic N) is 2. The molecular weight excluding hydrogens is 323 g/mol. The molecular formula is C16H12Cl2N2O2. The molecule has 0 fully saturated rings. The molecule has 1 heterocycles. The minimum absolute atomic E-state index is 0.360. The maximum Gasteiger partial charge on any atom is 0.257 e. The van der Waals surface area contributed by atoms with Gasteiger partial charge in [-0.3, -0.25) is 0 Å². The predicted molar refractivity (Wildman–Crippen MR) is 85.2 cm³/mol. The van der Waals surface area contributed by atoms with Gasteiger partial charge in [-0.25, -0.2) is 0 Å². The van der Waals surface area contributed by atoms with Crippen molar-refractivity contribution in [2.75, 3.05) is 0 Å². The van der Waals surface area contributed by atoms with Crippen molar-refractivity contribution in [2.24, 2.45) is 0 Å². The molecule has 0 aliphatic heterocycles. The highest BCUT2D eigenvalue weighted by Crippen LogP contribution is 2.34. The summed E-state index contributed by atoms with van der Waals surface area (Å²) in [5.41, 5.74) is 0.856. The molecule has 6 heteroatoms. The van der Waals surface area contributed by atoms with E-state index in [-0.39, 0.29) is 0 Å². The highest BCUT2D eigenvalue weighted by atomic mass is 35.5. The molecule has 0 bridgehead atoms. The minimum Gasteiger partial charge on any atom is -0.479 e. The van der Waals surface area contributed by atoms with Crippen LogP contribution in [0.15, 0.2) is 52.9 Å². The summed E-state index contributed by atoms with van der Waals surface area (Å²) >= 11 is 12.1. The Bertz CT molecular complexity index is 775. The van der Waals surface area contributed by atoms with Crippen molar-refractivity contribution in [3.63, 3.8) is 0 Å². The van der Waals surface area contributed by atoms with E-state index in [1.165, 1.54) is 0 Å². The molecule has 0 radical (unpaired) electrons. The fourth-order valence-electron chi connectivity index (χ4n) is 1.91. The molecule has 0 saturated carbocycles. The van der Waals surface area contributed by atoms with Gasteiger partial charge in [-0.1, -0.05) is 47.5 Å². The summed E-state index contributed by atoms with van der Waals surface area (Å²) in [5.74, 6) is 1.29. The number of rotatable bonds is 4. The predicted octanol–water partition coefficient (Wildman–Crippen LogP) is 5.18. The lowest BCUT2D eigenvalue weighted by Gasteiger charge is -2.12. The van der Waals surface area contributed by atoms with Gasteiger partial charge < -0.3 is 9.15 Å². The van der Waals surface area contributed by atoms with E-state index in [4.69, 9.17) is 32.4 Å². The third-order valence-corrected chi connectivity index (χ3v) is 3.83. The molecule has 0 spiro atoms. The van der Waals surface area contributed by atoms with Gasteiger partial charge in [0.15, 0.2) is 6.10 Å². The largest absolute Gasteiger partial charge is 0.479 e. The van der Waals surface area contributed by atoms with Crippen molar-refractivity contribution in [3.8, 4) is 17.2 Å². The van der Waals surface area contributed by atoms with Crippen LogP contribution in [0.2, 0.25) is 10.0 Å². The van der Waals surface area contributed by atoms with Crippen molar-refractivity contribution in [1.29, 1.82) is 0 Å². The fraction of sp³-hybridized carbons (Fsp3) is 0.125. The van der Waals surface area contributed by atoms with E-state index in [0.717, 1.165) is 5.56 Å².